The molecule has 0 aromatic carbocycles. The molecule has 2 atom stereocenters. The van der Waals surface area contributed by atoms with Crippen molar-refractivity contribution < 1.29 is 44.2 Å². The van der Waals surface area contributed by atoms with Crippen LogP contribution in [0.1, 0.15) is 37.8 Å². The Kier molecular flexibility index (Phi) is 11.5. The molecule has 0 radical (unpaired) electrons. The third-order valence-corrected chi connectivity index (χ3v) is 5.62. The van der Waals surface area contributed by atoms with Crippen LogP contribution in [0.25, 0.3) is 0 Å². The van der Waals surface area contributed by atoms with Gasteiger partial charge in [-0.2, -0.15) is 0 Å². The van der Waals surface area contributed by atoms with Crippen molar-refractivity contribution in [1.82, 2.24) is 40.1 Å². The predicted molar refractivity (Wildman–Crippen MR) is 131 cm³/mol. The number of amides is 3. The molecule has 0 spiro atoms. The Morgan fingerprint density at radius 2 is 1.85 bits per heavy atom. The van der Waals surface area contributed by atoms with E-state index in [0.717, 1.165) is 4.90 Å². The summed E-state index contributed by atoms with van der Waals surface area (Å²) in [7, 11) is 1.18. The molecule has 3 amide bonds. The van der Waals surface area contributed by atoms with Gasteiger partial charge >= 0.3 is 29.9 Å². The number of imidazole rings is 1. The minimum Gasteiger partial charge on any atom is -0.481 e. The van der Waals surface area contributed by atoms with Gasteiger partial charge in [0.2, 0.25) is 5.91 Å². The van der Waals surface area contributed by atoms with Crippen LogP contribution in [-0.2, 0) is 32.3 Å². The number of urea groups is 1. The van der Waals surface area contributed by atoms with Gasteiger partial charge in [-0.15, -0.1) is 5.10 Å². The van der Waals surface area contributed by atoms with Crippen LogP contribution in [0, 0.1) is 10.1 Å². The van der Waals surface area contributed by atoms with Crippen molar-refractivity contribution >= 4 is 35.8 Å². The van der Waals surface area contributed by atoms with Crippen LogP contribution in [0.4, 0.5) is 10.7 Å². The Bertz CT molecular complexity index is 1230. The summed E-state index contributed by atoms with van der Waals surface area (Å²) in [4.78, 5) is 73.0. The molecule has 0 unspecified atom stereocenters. The highest BCUT2D eigenvalue weighted by molar-refractivity contribution is 5.86. The first-order chi connectivity index (χ1) is 18.9. The lowest BCUT2D eigenvalue weighted by atomic mass is 10.1. The Morgan fingerprint density at radius 1 is 1.12 bits per heavy atom. The number of hydrogen-bond donors (Lipinski definition) is 5. The lowest BCUT2D eigenvalue weighted by Gasteiger charge is -2.26. The highest BCUT2D eigenvalue weighted by atomic mass is 16.6. The summed E-state index contributed by atoms with van der Waals surface area (Å²) in [6.07, 6.45) is 3.96. The summed E-state index contributed by atoms with van der Waals surface area (Å²) in [5.74, 6) is -4.77. The van der Waals surface area contributed by atoms with Crippen molar-refractivity contribution in [1.29, 1.82) is 0 Å². The Labute approximate surface area is 225 Å². The van der Waals surface area contributed by atoms with Crippen molar-refractivity contribution in [3.05, 3.63) is 34.4 Å². The molecule has 40 heavy (non-hydrogen) atoms. The van der Waals surface area contributed by atoms with Crippen molar-refractivity contribution in [2.75, 3.05) is 13.6 Å². The minimum absolute atomic E-state index is 0.00874. The minimum atomic E-state index is -1.50. The average Bonchev–Trinajstić information content (AvgIpc) is 3.52. The first-order valence-corrected chi connectivity index (χ1v) is 11.9. The van der Waals surface area contributed by atoms with E-state index < -0.39 is 53.3 Å². The van der Waals surface area contributed by atoms with E-state index in [2.05, 4.69) is 25.9 Å². The molecule has 0 saturated carbocycles. The number of unbranched alkanes of at least 4 members (excludes halogenated alkanes) is 1. The second-order valence-electron chi connectivity index (χ2n) is 8.60. The van der Waals surface area contributed by atoms with Crippen LogP contribution in [0.5, 0.6) is 0 Å². The van der Waals surface area contributed by atoms with Gasteiger partial charge in [-0.05, 0) is 30.6 Å². The third-order valence-electron chi connectivity index (χ3n) is 5.62. The largest absolute Gasteiger partial charge is 0.481 e. The van der Waals surface area contributed by atoms with E-state index in [1.54, 1.807) is 0 Å². The maximum atomic E-state index is 12.4. The average molecular weight is 568 g/mol. The van der Waals surface area contributed by atoms with E-state index in [4.69, 9.17) is 5.11 Å². The molecule has 0 aliphatic heterocycles. The summed E-state index contributed by atoms with van der Waals surface area (Å²) in [5, 5.41) is 50.8. The fourth-order valence-corrected chi connectivity index (χ4v) is 3.55. The van der Waals surface area contributed by atoms with Crippen molar-refractivity contribution in [3.63, 3.8) is 0 Å². The van der Waals surface area contributed by atoms with Gasteiger partial charge in [0, 0.05) is 20.0 Å². The number of carbonyl (C=O) groups excluding carboxylic acids is 2. The number of carbonyl (C=O) groups is 5. The van der Waals surface area contributed by atoms with E-state index in [9.17, 15) is 44.3 Å². The number of likely N-dealkylation sites (N-methyl/N-ethyl adjacent to an activating group) is 1. The normalized spacial score (nSPS) is 12.2. The molecule has 0 saturated heterocycles. The number of nitrogens with one attached hydrogen (secondary N) is 2. The lowest BCUT2D eigenvalue weighted by Crippen LogP contribution is -2.52. The first-order valence-electron chi connectivity index (χ1n) is 11.9. The number of carboxylic acid groups (broad SMARTS) is 3. The van der Waals surface area contributed by atoms with Crippen LogP contribution in [0.2, 0.25) is 0 Å². The molecule has 218 valence electrons. The zero-order chi connectivity index (χ0) is 29.8. The summed E-state index contributed by atoms with van der Waals surface area (Å²) < 4.78 is 2.52. The van der Waals surface area contributed by atoms with Crippen LogP contribution in [0.3, 0.4) is 0 Å². The van der Waals surface area contributed by atoms with Crippen molar-refractivity contribution in [2.24, 2.45) is 0 Å². The molecule has 2 aromatic rings. The molecule has 19 heteroatoms. The summed E-state index contributed by atoms with van der Waals surface area (Å²) in [6.45, 7) is 0.0564. The standard InChI is InChI=1S/C21H29N9O10/c1-27(21(38)24-14(18(34)35)5-6-17(32)33)15(19(36)37)4-2-3-7-22-16(31)12-29-11-13(25-26-29)10-28-9-8-23-20(28)30(39)40/h8-9,11,14-15H,2-7,10,12H2,1H3,(H,22,31)(H,24,38)(H,32,33)(H,34,35)(H,36,37)/t14-,15-/m0/s1. The second-order valence-corrected chi connectivity index (χ2v) is 8.60. The maximum Gasteiger partial charge on any atom is 0.434 e. The fraction of sp³-hybridized carbons (Fsp3) is 0.524. The zero-order valence-electron chi connectivity index (χ0n) is 21.4. The van der Waals surface area contributed by atoms with Gasteiger partial charge in [0.1, 0.15) is 43.3 Å². The number of nitro groups is 1. The maximum absolute atomic E-state index is 12.4. The number of nitrogens with zero attached hydrogens (tertiary/aromatic N) is 7. The van der Waals surface area contributed by atoms with E-state index in [1.165, 1.54) is 34.9 Å². The lowest BCUT2D eigenvalue weighted by molar-refractivity contribution is -0.396. The molecule has 2 rings (SSSR count). The third kappa shape index (κ3) is 9.65. The van der Waals surface area contributed by atoms with E-state index in [0.29, 0.717) is 18.5 Å². The summed E-state index contributed by atoms with van der Waals surface area (Å²) >= 11 is 0. The predicted octanol–water partition coefficient (Wildman–Crippen LogP) is -0.870. The molecule has 2 heterocycles. The smallest absolute Gasteiger partial charge is 0.434 e. The molecule has 19 nitrogen and oxygen atoms in total. The van der Waals surface area contributed by atoms with Gasteiger partial charge < -0.3 is 41.0 Å². The van der Waals surface area contributed by atoms with Crippen molar-refractivity contribution in [3.8, 4) is 0 Å². The van der Waals surface area contributed by atoms with Gasteiger partial charge in [-0.1, -0.05) is 10.2 Å². The monoisotopic (exact) mass is 567 g/mol. The Balaban J connectivity index is 1.76. The Morgan fingerprint density at radius 3 is 2.48 bits per heavy atom. The van der Waals surface area contributed by atoms with Crippen LogP contribution in [-0.4, -0.2) is 105 Å². The number of aromatic nitrogens is 5. The molecule has 0 bridgehead atoms. The van der Waals surface area contributed by atoms with E-state index in [1.807, 2.05) is 0 Å². The highest BCUT2D eigenvalue weighted by Crippen LogP contribution is 2.11. The highest BCUT2D eigenvalue weighted by Gasteiger charge is 2.29. The molecule has 0 fully saturated rings. The Hall–Kier alpha value is -5.10. The number of carboxylic acids is 3. The number of rotatable bonds is 17. The van der Waals surface area contributed by atoms with Crippen LogP contribution < -0.4 is 10.6 Å². The zero-order valence-corrected chi connectivity index (χ0v) is 21.4. The number of hydrogen-bond acceptors (Lipinski definition) is 10. The molecule has 2 aromatic heterocycles. The second kappa shape index (κ2) is 14.7. The fourth-order valence-electron chi connectivity index (χ4n) is 3.55. The first kappa shape index (κ1) is 31.1. The molecular formula is C21H29N9O10. The van der Waals surface area contributed by atoms with Gasteiger partial charge in [0.25, 0.3) is 0 Å². The van der Waals surface area contributed by atoms with Gasteiger partial charge in [0.05, 0.1) is 6.20 Å². The summed E-state index contributed by atoms with van der Waals surface area (Å²) in [5.41, 5.74) is 0.373. The molecule has 0 aliphatic carbocycles. The van der Waals surface area contributed by atoms with Crippen molar-refractivity contribution in [2.45, 2.75) is 57.3 Å². The number of aliphatic carboxylic acids is 3. The van der Waals surface area contributed by atoms with Gasteiger partial charge in [-0.3, -0.25) is 9.59 Å². The summed E-state index contributed by atoms with van der Waals surface area (Å²) in [6, 6.07) is -3.76. The van der Waals surface area contributed by atoms with Crippen LogP contribution in [0.15, 0.2) is 18.6 Å². The van der Waals surface area contributed by atoms with Gasteiger partial charge in [-0.25, -0.2) is 23.6 Å². The molecular weight excluding hydrogens is 538 g/mol. The SMILES string of the molecule is CN(C(=O)N[C@@H](CCC(=O)O)C(=O)O)[C@@H](CCCCNC(=O)Cn1cc(Cn2ccnc2[N+](=O)[O-])nn1)C(=O)O. The van der Waals surface area contributed by atoms with E-state index in [-0.39, 0.29) is 38.4 Å². The van der Waals surface area contributed by atoms with Gasteiger partial charge in [0.15, 0.2) is 0 Å². The van der Waals surface area contributed by atoms with E-state index >= 15 is 0 Å². The molecule has 5 N–H and O–H groups in total. The van der Waals surface area contributed by atoms with Crippen LogP contribution >= 0.6 is 0 Å². The topological polar surface area (TPSA) is 265 Å². The molecule has 0 aliphatic rings. The quantitative estimate of drug-likeness (QED) is 0.0885.